The van der Waals surface area contributed by atoms with Crippen molar-refractivity contribution in [1.29, 1.82) is 0 Å². The molecule has 2 aliphatic carbocycles. The van der Waals surface area contributed by atoms with Gasteiger partial charge in [-0.25, -0.2) is 0 Å². The molecule has 2 aromatic rings. The van der Waals surface area contributed by atoms with Crippen LogP contribution in [-0.2, 0) is 19.3 Å². The number of hydrogen-bond donors (Lipinski definition) is 2. The van der Waals surface area contributed by atoms with Crippen molar-refractivity contribution in [2.45, 2.75) is 56.4 Å². The molecule has 0 aliphatic heterocycles. The van der Waals surface area contributed by atoms with E-state index in [2.05, 4.69) is 30.3 Å². The van der Waals surface area contributed by atoms with Crippen LogP contribution in [0.25, 0.3) is 0 Å². The first-order valence-electron chi connectivity index (χ1n) is 10.8. The Bertz CT molecular complexity index is 865. The first-order valence-corrected chi connectivity index (χ1v) is 10.8. The second-order valence-electron chi connectivity index (χ2n) is 8.99. The molecule has 0 bridgehead atoms. The maximum atomic E-state index is 9.55. The van der Waals surface area contributed by atoms with Gasteiger partial charge in [-0.1, -0.05) is 24.3 Å². The first-order chi connectivity index (χ1) is 14.0. The van der Waals surface area contributed by atoms with Crippen LogP contribution in [0.5, 0.6) is 11.5 Å². The molecule has 156 valence electrons. The number of aryl methyl sites for hydroxylation is 1. The lowest BCUT2D eigenvalue weighted by Gasteiger charge is -2.26. The Hall–Kier alpha value is -2.04. The molecule has 1 saturated carbocycles. The number of aliphatic hydroxyl groups excluding tert-OH is 1. The minimum absolute atomic E-state index is 0.0896. The number of rotatable bonds is 6. The Kier molecular flexibility index (Phi) is 5.84. The zero-order valence-electron chi connectivity index (χ0n) is 17.6. The lowest BCUT2D eigenvalue weighted by molar-refractivity contribution is 0.198. The van der Waals surface area contributed by atoms with Crippen molar-refractivity contribution in [3.05, 3.63) is 58.7 Å². The van der Waals surface area contributed by atoms with Crippen LogP contribution in [0.15, 0.2) is 36.4 Å². The molecule has 29 heavy (non-hydrogen) atoms. The molecule has 0 aromatic heterocycles. The predicted octanol–water partition coefficient (Wildman–Crippen LogP) is 4.01. The smallest absolute Gasteiger partial charge is 0.160 e. The molecule has 0 heterocycles. The van der Waals surface area contributed by atoms with Gasteiger partial charge in [0.2, 0.25) is 0 Å². The fraction of sp³-hybridized carbons (Fsp3) is 0.520. The van der Waals surface area contributed by atoms with E-state index in [1.807, 2.05) is 6.07 Å². The molecule has 3 N–H and O–H groups in total. The summed E-state index contributed by atoms with van der Waals surface area (Å²) in [6.07, 6.45) is 7.44. The minimum Gasteiger partial charge on any atom is -0.493 e. The molecule has 2 aromatic carbocycles. The molecular weight excluding hydrogens is 362 g/mol. The van der Waals surface area contributed by atoms with E-state index >= 15 is 0 Å². The van der Waals surface area contributed by atoms with Crippen molar-refractivity contribution in [2.75, 3.05) is 20.8 Å². The van der Waals surface area contributed by atoms with Crippen molar-refractivity contribution in [1.82, 2.24) is 0 Å². The van der Waals surface area contributed by atoms with Crippen LogP contribution in [0.2, 0.25) is 0 Å². The van der Waals surface area contributed by atoms with Gasteiger partial charge in [-0.15, -0.1) is 0 Å². The van der Waals surface area contributed by atoms with E-state index in [0.717, 1.165) is 50.0 Å². The molecule has 0 radical (unpaired) electrons. The molecule has 0 amide bonds. The third-order valence-electron chi connectivity index (χ3n) is 6.96. The van der Waals surface area contributed by atoms with Gasteiger partial charge in [0.15, 0.2) is 11.5 Å². The second kappa shape index (κ2) is 8.37. The molecule has 1 fully saturated rings. The average molecular weight is 396 g/mol. The molecule has 4 nitrogen and oxygen atoms in total. The van der Waals surface area contributed by atoms with E-state index in [0.29, 0.717) is 11.8 Å². The van der Waals surface area contributed by atoms with Gasteiger partial charge in [0.1, 0.15) is 0 Å². The number of nitrogens with two attached hydrogens (primary N) is 1. The van der Waals surface area contributed by atoms with Crippen LogP contribution < -0.4 is 15.2 Å². The summed E-state index contributed by atoms with van der Waals surface area (Å²) in [5.74, 6) is 2.74. The highest BCUT2D eigenvalue weighted by Crippen LogP contribution is 2.41. The SMILES string of the molecule is COc1ccc(CC2CCc3cc([C@H]4CC[C@](N)(CO)C4)ccc3C2)cc1OC. The molecule has 0 spiro atoms. The number of hydrogen-bond acceptors (Lipinski definition) is 4. The number of fused-ring (bicyclic) bond motifs is 1. The van der Waals surface area contributed by atoms with Crippen LogP contribution in [0, 0.1) is 5.92 Å². The molecule has 0 saturated heterocycles. The Morgan fingerprint density at radius 1 is 1.03 bits per heavy atom. The Balaban J connectivity index is 1.43. The predicted molar refractivity (Wildman–Crippen MR) is 116 cm³/mol. The molecule has 3 atom stereocenters. The number of aliphatic hydroxyl groups is 1. The maximum Gasteiger partial charge on any atom is 0.160 e. The summed E-state index contributed by atoms with van der Waals surface area (Å²) >= 11 is 0. The number of benzene rings is 2. The fourth-order valence-corrected chi connectivity index (χ4v) is 5.20. The van der Waals surface area contributed by atoms with Gasteiger partial charge in [0.05, 0.1) is 20.8 Å². The van der Waals surface area contributed by atoms with E-state index in [1.54, 1.807) is 14.2 Å². The van der Waals surface area contributed by atoms with Crippen LogP contribution in [-0.4, -0.2) is 31.5 Å². The third kappa shape index (κ3) is 4.29. The van der Waals surface area contributed by atoms with Crippen molar-refractivity contribution >= 4 is 0 Å². The molecule has 2 aliphatic rings. The molecule has 4 heteroatoms. The van der Waals surface area contributed by atoms with Crippen LogP contribution >= 0.6 is 0 Å². The summed E-state index contributed by atoms with van der Waals surface area (Å²) in [6, 6.07) is 13.3. The van der Waals surface area contributed by atoms with E-state index in [4.69, 9.17) is 15.2 Å². The lowest BCUT2D eigenvalue weighted by Crippen LogP contribution is -2.40. The van der Waals surface area contributed by atoms with Gasteiger partial charge < -0.3 is 20.3 Å². The third-order valence-corrected chi connectivity index (χ3v) is 6.96. The maximum absolute atomic E-state index is 9.55. The largest absolute Gasteiger partial charge is 0.493 e. The Labute approximate surface area is 174 Å². The summed E-state index contributed by atoms with van der Waals surface area (Å²) < 4.78 is 10.8. The second-order valence-corrected chi connectivity index (χ2v) is 8.99. The quantitative estimate of drug-likeness (QED) is 0.776. The van der Waals surface area contributed by atoms with Crippen LogP contribution in [0.4, 0.5) is 0 Å². The molecular formula is C25H33NO3. The van der Waals surface area contributed by atoms with Crippen molar-refractivity contribution in [3.63, 3.8) is 0 Å². The van der Waals surface area contributed by atoms with Crippen LogP contribution in [0.1, 0.15) is 53.9 Å². The number of methoxy groups -OCH3 is 2. The van der Waals surface area contributed by atoms with Gasteiger partial charge >= 0.3 is 0 Å². The van der Waals surface area contributed by atoms with Crippen LogP contribution in [0.3, 0.4) is 0 Å². The van der Waals surface area contributed by atoms with Crippen molar-refractivity contribution < 1.29 is 14.6 Å². The topological polar surface area (TPSA) is 64.7 Å². The number of ether oxygens (including phenoxy) is 2. The van der Waals surface area contributed by atoms with E-state index in [9.17, 15) is 5.11 Å². The highest BCUT2D eigenvalue weighted by atomic mass is 16.5. The Morgan fingerprint density at radius 2 is 1.86 bits per heavy atom. The average Bonchev–Trinajstić information content (AvgIpc) is 3.16. The van der Waals surface area contributed by atoms with Gasteiger partial charge in [-0.2, -0.15) is 0 Å². The van der Waals surface area contributed by atoms with Crippen molar-refractivity contribution in [3.8, 4) is 11.5 Å². The molecule has 4 rings (SSSR count). The first kappa shape index (κ1) is 20.2. The normalized spacial score (nSPS) is 26.2. The zero-order chi connectivity index (χ0) is 20.4. The lowest BCUT2D eigenvalue weighted by atomic mass is 9.79. The highest BCUT2D eigenvalue weighted by Gasteiger charge is 2.36. The molecule has 1 unspecified atom stereocenters. The van der Waals surface area contributed by atoms with Gasteiger partial charge in [0.25, 0.3) is 0 Å². The summed E-state index contributed by atoms with van der Waals surface area (Å²) in [5, 5.41) is 9.55. The summed E-state index contributed by atoms with van der Waals surface area (Å²) in [7, 11) is 3.36. The fourth-order valence-electron chi connectivity index (χ4n) is 5.20. The summed E-state index contributed by atoms with van der Waals surface area (Å²) in [4.78, 5) is 0. The Morgan fingerprint density at radius 3 is 2.59 bits per heavy atom. The highest BCUT2D eigenvalue weighted by molar-refractivity contribution is 5.43. The van der Waals surface area contributed by atoms with E-state index < -0.39 is 0 Å². The summed E-state index contributed by atoms with van der Waals surface area (Å²) in [5.41, 5.74) is 11.6. The van der Waals surface area contributed by atoms with Crippen molar-refractivity contribution in [2.24, 2.45) is 11.7 Å². The van der Waals surface area contributed by atoms with Gasteiger partial charge in [-0.3, -0.25) is 0 Å². The standard InChI is InChI=1S/C25H33NO3/c1-28-23-8-4-18(13-24(23)29-2)11-17-3-5-20-14-21(7-6-19(20)12-17)22-9-10-25(26,15-22)16-27/h4,6-8,13-14,17,22,27H,3,5,9-12,15-16,26H2,1-2H3/t17?,22-,25+/m0/s1. The van der Waals surface area contributed by atoms with E-state index in [-0.39, 0.29) is 12.1 Å². The zero-order valence-corrected chi connectivity index (χ0v) is 17.6. The van der Waals surface area contributed by atoms with Gasteiger partial charge in [-0.05, 0) is 91.2 Å². The summed E-state index contributed by atoms with van der Waals surface area (Å²) in [6.45, 7) is 0.0896. The van der Waals surface area contributed by atoms with Gasteiger partial charge in [0, 0.05) is 5.54 Å². The minimum atomic E-state index is -0.384. The monoisotopic (exact) mass is 395 g/mol. The van der Waals surface area contributed by atoms with E-state index in [1.165, 1.54) is 28.7 Å².